The lowest BCUT2D eigenvalue weighted by Gasteiger charge is -2.09. The van der Waals surface area contributed by atoms with Crippen LogP contribution in [-0.2, 0) is 0 Å². The van der Waals surface area contributed by atoms with E-state index < -0.39 is 0 Å². The van der Waals surface area contributed by atoms with E-state index in [4.69, 9.17) is 16.3 Å². The fraction of sp³-hybridized carbons (Fsp3) is 0.182. The predicted octanol–water partition coefficient (Wildman–Crippen LogP) is 4.97. The molecule has 0 amide bonds. The highest BCUT2D eigenvalue weighted by Crippen LogP contribution is 2.33. The average molecular weight is 319 g/mol. The molecule has 5 heteroatoms. The van der Waals surface area contributed by atoms with Gasteiger partial charge in [-0.1, -0.05) is 22.9 Å². The second-order valence-corrected chi connectivity index (χ2v) is 5.48. The molecule has 1 heterocycles. The summed E-state index contributed by atoms with van der Waals surface area (Å²) in [5.41, 5.74) is 2.02. The molecular formula is C11H9BrClNOS. The Bertz CT molecular complexity index is 503. The topological polar surface area (TPSA) is 22.1 Å². The molecule has 2 nitrogen and oxygen atoms in total. The van der Waals surface area contributed by atoms with Gasteiger partial charge < -0.3 is 4.74 Å². The molecule has 0 N–H and O–H groups in total. The summed E-state index contributed by atoms with van der Waals surface area (Å²) in [5, 5.41) is 3.23. The number of thiazole rings is 1. The smallest absolute Gasteiger partial charge is 0.279 e. The zero-order chi connectivity index (χ0) is 11.7. The summed E-state index contributed by atoms with van der Waals surface area (Å²) in [6.07, 6.45) is 0. The van der Waals surface area contributed by atoms with E-state index in [9.17, 15) is 0 Å². The molecule has 1 aromatic carbocycles. The number of halogens is 2. The van der Waals surface area contributed by atoms with E-state index in [0.717, 1.165) is 26.5 Å². The molecule has 0 saturated carbocycles. The van der Waals surface area contributed by atoms with E-state index >= 15 is 0 Å². The van der Waals surface area contributed by atoms with Crippen molar-refractivity contribution in [1.82, 2.24) is 4.98 Å². The van der Waals surface area contributed by atoms with Gasteiger partial charge in [-0.2, -0.15) is 4.98 Å². The lowest BCUT2D eigenvalue weighted by molar-refractivity contribution is 0.470. The van der Waals surface area contributed by atoms with Crippen LogP contribution in [0.1, 0.15) is 11.1 Å². The van der Waals surface area contributed by atoms with Gasteiger partial charge in [0.15, 0.2) is 0 Å². The number of aryl methyl sites for hydroxylation is 2. The van der Waals surface area contributed by atoms with Crippen LogP contribution in [0.5, 0.6) is 10.9 Å². The van der Waals surface area contributed by atoms with E-state index in [1.807, 2.05) is 31.4 Å². The van der Waals surface area contributed by atoms with Crippen LogP contribution in [0.4, 0.5) is 0 Å². The van der Waals surface area contributed by atoms with Crippen molar-refractivity contribution in [1.29, 1.82) is 0 Å². The van der Waals surface area contributed by atoms with Crippen LogP contribution < -0.4 is 4.74 Å². The highest BCUT2D eigenvalue weighted by atomic mass is 79.9. The number of benzene rings is 1. The standard InChI is InChI=1S/C11H9BrClNOS/c1-6-3-8(13)4-7(2)10(6)15-11-14-9(12)5-16-11/h3-5H,1-2H3. The summed E-state index contributed by atoms with van der Waals surface area (Å²) in [5.74, 6) is 0.825. The minimum Gasteiger partial charge on any atom is -0.430 e. The third-order valence-corrected chi connectivity index (χ3v) is 3.71. The van der Waals surface area contributed by atoms with Gasteiger partial charge in [-0.25, -0.2) is 0 Å². The van der Waals surface area contributed by atoms with E-state index in [2.05, 4.69) is 20.9 Å². The summed E-state index contributed by atoms with van der Waals surface area (Å²) in [6, 6.07) is 3.76. The van der Waals surface area contributed by atoms with E-state index in [0.29, 0.717) is 5.19 Å². The molecule has 0 saturated heterocycles. The van der Waals surface area contributed by atoms with E-state index in [1.165, 1.54) is 11.3 Å². The van der Waals surface area contributed by atoms with Crippen molar-refractivity contribution in [3.05, 3.63) is 38.3 Å². The maximum absolute atomic E-state index is 5.95. The molecule has 0 fully saturated rings. The lowest BCUT2D eigenvalue weighted by atomic mass is 10.1. The SMILES string of the molecule is Cc1cc(Cl)cc(C)c1Oc1nc(Br)cs1. The Balaban J connectivity index is 2.34. The van der Waals surface area contributed by atoms with Crippen molar-refractivity contribution in [2.24, 2.45) is 0 Å². The van der Waals surface area contributed by atoms with Gasteiger partial charge in [0.2, 0.25) is 0 Å². The number of ether oxygens (including phenoxy) is 1. The highest BCUT2D eigenvalue weighted by molar-refractivity contribution is 9.10. The van der Waals surface area contributed by atoms with Crippen molar-refractivity contribution < 1.29 is 4.74 Å². The largest absolute Gasteiger partial charge is 0.430 e. The second-order valence-electron chi connectivity index (χ2n) is 3.41. The van der Waals surface area contributed by atoms with Gasteiger partial charge in [0, 0.05) is 10.4 Å². The van der Waals surface area contributed by atoms with Gasteiger partial charge in [-0.05, 0) is 53.0 Å². The fourth-order valence-electron chi connectivity index (χ4n) is 1.43. The van der Waals surface area contributed by atoms with Gasteiger partial charge in [-0.15, -0.1) is 0 Å². The first-order chi connectivity index (χ1) is 7.56. The van der Waals surface area contributed by atoms with Crippen molar-refractivity contribution in [2.45, 2.75) is 13.8 Å². The summed E-state index contributed by atoms with van der Waals surface area (Å²) in [6.45, 7) is 3.94. The third kappa shape index (κ3) is 2.56. The van der Waals surface area contributed by atoms with Gasteiger partial charge in [0.05, 0.1) is 0 Å². The van der Waals surface area contributed by atoms with Crippen molar-refractivity contribution >= 4 is 38.9 Å². The summed E-state index contributed by atoms with van der Waals surface area (Å²) in [7, 11) is 0. The summed E-state index contributed by atoms with van der Waals surface area (Å²) in [4.78, 5) is 4.19. The molecule has 0 aliphatic rings. The molecule has 2 rings (SSSR count). The minimum atomic E-state index is 0.625. The molecule has 84 valence electrons. The van der Waals surface area contributed by atoms with Gasteiger partial charge in [-0.3, -0.25) is 0 Å². The summed E-state index contributed by atoms with van der Waals surface area (Å²) >= 11 is 10.7. The minimum absolute atomic E-state index is 0.625. The van der Waals surface area contributed by atoms with Gasteiger partial charge in [0.25, 0.3) is 5.19 Å². The molecule has 0 aliphatic heterocycles. The molecule has 2 aromatic rings. The monoisotopic (exact) mass is 317 g/mol. The first-order valence-electron chi connectivity index (χ1n) is 4.62. The average Bonchev–Trinajstić information content (AvgIpc) is 2.58. The zero-order valence-corrected chi connectivity index (χ0v) is 11.9. The molecule has 0 aliphatic carbocycles. The quantitative estimate of drug-likeness (QED) is 0.780. The normalized spacial score (nSPS) is 10.5. The Morgan fingerprint density at radius 1 is 1.31 bits per heavy atom. The Morgan fingerprint density at radius 3 is 2.44 bits per heavy atom. The first kappa shape index (κ1) is 11.9. The predicted molar refractivity (Wildman–Crippen MR) is 70.8 cm³/mol. The van der Waals surface area contributed by atoms with Crippen molar-refractivity contribution in [3.63, 3.8) is 0 Å². The molecule has 0 bridgehead atoms. The molecule has 0 spiro atoms. The second kappa shape index (κ2) is 4.73. The number of hydrogen-bond acceptors (Lipinski definition) is 3. The van der Waals surface area contributed by atoms with Crippen molar-refractivity contribution in [2.75, 3.05) is 0 Å². The first-order valence-corrected chi connectivity index (χ1v) is 6.67. The number of nitrogens with zero attached hydrogens (tertiary/aromatic N) is 1. The Hall–Kier alpha value is -0.580. The lowest BCUT2D eigenvalue weighted by Crippen LogP contribution is -1.90. The van der Waals surface area contributed by atoms with Crippen LogP contribution in [0.2, 0.25) is 5.02 Å². The van der Waals surface area contributed by atoms with Crippen LogP contribution in [0.25, 0.3) is 0 Å². The maximum Gasteiger partial charge on any atom is 0.279 e. The Labute approximate surface area is 111 Å². The highest BCUT2D eigenvalue weighted by Gasteiger charge is 2.09. The van der Waals surface area contributed by atoms with Gasteiger partial charge in [0.1, 0.15) is 10.4 Å². The van der Waals surface area contributed by atoms with Gasteiger partial charge >= 0.3 is 0 Å². The van der Waals surface area contributed by atoms with Crippen LogP contribution >= 0.6 is 38.9 Å². The number of hydrogen-bond donors (Lipinski definition) is 0. The van der Waals surface area contributed by atoms with E-state index in [1.54, 1.807) is 0 Å². The van der Waals surface area contributed by atoms with Crippen LogP contribution in [0, 0.1) is 13.8 Å². The molecule has 0 radical (unpaired) electrons. The third-order valence-electron chi connectivity index (χ3n) is 2.07. The number of rotatable bonds is 2. The molecular weight excluding hydrogens is 310 g/mol. The summed E-state index contributed by atoms with van der Waals surface area (Å²) < 4.78 is 6.52. The molecule has 0 unspecified atom stereocenters. The Kier molecular flexibility index (Phi) is 3.52. The maximum atomic E-state index is 5.95. The van der Waals surface area contributed by atoms with E-state index in [-0.39, 0.29) is 0 Å². The van der Waals surface area contributed by atoms with Crippen molar-refractivity contribution in [3.8, 4) is 10.9 Å². The Morgan fingerprint density at radius 2 is 1.94 bits per heavy atom. The fourth-order valence-corrected chi connectivity index (χ4v) is 2.85. The van der Waals surface area contributed by atoms with Crippen LogP contribution in [0.3, 0.4) is 0 Å². The molecule has 0 atom stereocenters. The molecule has 1 aromatic heterocycles. The number of aromatic nitrogens is 1. The van der Waals surface area contributed by atoms with Crippen LogP contribution in [-0.4, -0.2) is 4.98 Å². The molecule has 16 heavy (non-hydrogen) atoms. The zero-order valence-electron chi connectivity index (χ0n) is 8.75. The van der Waals surface area contributed by atoms with Crippen LogP contribution in [0.15, 0.2) is 22.1 Å².